The van der Waals surface area contributed by atoms with Crippen molar-refractivity contribution < 1.29 is 17.9 Å². The van der Waals surface area contributed by atoms with E-state index in [4.69, 9.17) is 4.74 Å². The van der Waals surface area contributed by atoms with Crippen LogP contribution in [0.15, 0.2) is 35.2 Å². The Kier molecular flexibility index (Phi) is 4.68. The summed E-state index contributed by atoms with van der Waals surface area (Å²) in [6, 6.07) is 8.53. The summed E-state index contributed by atoms with van der Waals surface area (Å²) in [6.45, 7) is 4.15. The second-order valence-electron chi connectivity index (χ2n) is 6.83. The number of carbonyl (C=O) groups is 1. The van der Waals surface area contributed by atoms with E-state index in [1.54, 1.807) is 48.7 Å². The van der Waals surface area contributed by atoms with Crippen molar-refractivity contribution >= 4 is 15.9 Å². The predicted octanol–water partition coefficient (Wildman–Crippen LogP) is 1.19. The molecule has 2 aliphatic rings. The molecular weight excluding hydrogens is 328 g/mol. The average Bonchev–Trinajstić information content (AvgIpc) is 2.95. The van der Waals surface area contributed by atoms with Crippen molar-refractivity contribution in [1.29, 1.82) is 0 Å². The number of hydrogen-bond donors (Lipinski definition) is 0. The normalized spacial score (nSPS) is 27.9. The van der Waals surface area contributed by atoms with Crippen molar-refractivity contribution in [3.8, 4) is 0 Å². The van der Waals surface area contributed by atoms with Gasteiger partial charge in [0.15, 0.2) is 0 Å². The van der Waals surface area contributed by atoms with Crippen LogP contribution in [0.2, 0.25) is 0 Å². The highest BCUT2D eigenvalue weighted by molar-refractivity contribution is 7.89. The molecule has 0 aliphatic carbocycles. The fourth-order valence-corrected chi connectivity index (χ4v) is 5.62. The first kappa shape index (κ1) is 17.4. The summed E-state index contributed by atoms with van der Waals surface area (Å²) in [4.78, 5) is 13.9. The van der Waals surface area contributed by atoms with Crippen LogP contribution in [-0.4, -0.2) is 63.4 Å². The summed E-state index contributed by atoms with van der Waals surface area (Å²) in [7, 11) is -1.88. The van der Waals surface area contributed by atoms with Gasteiger partial charge in [-0.05, 0) is 24.5 Å². The Labute approximate surface area is 143 Å². The lowest BCUT2D eigenvalue weighted by atomic mass is 9.74. The minimum atomic E-state index is -3.52. The van der Waals surface area contributed by atoms with Crippen molar-refractivity contribution in [3.05, 3.63) is 30.3 Å². The van der Waals surface area contributed by atoms with Gasteiger partial charge in [0.25, 0.3) is 0 Å². The van der Waals surface area contributed by atoms with Crippen molar-refractivity contribution in [2.75, 3.05) is 39.9 Å². The first-order chi connectivity index (χ1) is 11.4. The number of methoxy groups -OCH3 is 1. The zero-order valence-corrected chi connectivity index (χ0v) is 15.0. The lowest BCUT2D eigenvalue weighted by Crippen LogP contribution is -2.52. The number of fused-ring (bicyclic) bond motifs is 1. The van der Waals surface area contributed by atoms with Gasteiger partial charge in [-0.1, -0.05) is 18.2 Å². The number of carbonyl (C=O) groups excluding carboxylic acids is 1. The number of ether oxygens (including phenoxy) is 1. The number of hydrogen-bond acceptors (Lipinski definition) is 4. The Morgan fingerprint density at radius 2 is 2.00 bits per heavy atom. The van der Waals surface area contributed by atoms with Gasteiger partial charge in [0.1, 0.15) is 0 Å². The van der Waals surface area contributed by atoms with Crippen LogP contribution >= 0.6 is 0 Å². The predicted molar refractivity (Wildman–Crippen MR) is 89.9 cm³/mol. The molecule has 3 rings (SSSR count). The summed E-state index contributed by atoms with van der Waals surface area (Å²) in [5, 5.41) is 0. The number of likely N-dealkylation sites (tertiary alicyclic amines) is 1. The van der Waals surface area contributed by atoms with E-state index in [1.807, 2.05) is 4.90 Å². The zero-order chi connectivity index (χ0) is 17.4. The topological polar surface area (TPSA) is 66.9 Å². The van der Waals surface area contributed by atoms with Gasteiger partial charge in [0.05, 0.1) is 11.5 Å². The molecule has 0 saturated carbocycles. The SMILES string of the molecule is COCC12CN(C(C)=O)CCC1CN(S(=O)(=O)c1ccccc1)C2. The molecule has 0 spiro atoms. The third-order valence-electron chi connectivity index (χ3n) is 5.29. The van der Waals surface area contributed by atoms with E-state index in [-0.39, 0.29) is 17.2 Å². The number of rotatable bonds is 4. The fourth-order valence-electron chi connectivity index (χ4n) is 4.02. The fraction of sp³-hybridized carbons (Fsp3) is 0.588. The molecule has 2 aliphatic heterocycles. The van der Waals surface area contributed by atoms with Crippen LogP contribution in [0, 0.1) is 11.3 Å². The average molecular weight is 352 g/mol. The van der Waals surface area contributed by atoms with Gasteiger partial charge >= 0.3 is 0 Å². The van der Waals surface area contributed by atoms with E-state index in [2.05, 4.69) is 0 Å². The van der Waals surface area contributed by atoms with Crippen molar-refractivity contribution in [1.82, 2.24) is 9.21 Å². The van der Waals surface area contributed by atoms with Gasteiger partial charge in [-0.25, -0.2) is 8.42 Å². The minimum Gasteiger partial charge on any atom is -0.384 e. The standard InChI is InChI=1S/C17H24N2O4S/c1-14(20)18-9-8-15-10-19(12-17(15,11-18)13-23-2)24(21,22)16-6-4-3-5-7-16/h3-7,15H,8-13H2,1-2H3. The monoisotopic (exact) mass is 352 g/mol. The largest absolute Gasteiger partial charge is 0.384 e. The highest BCUT2D eigenvalue weighted by Gasteiger charge is 2.53. The van der Waals surface area contributed by atoms with E-state index < -0.39 is 10.0 Å². The molecule has 2 unspecified atom stereocenters. The number of amides is 1. The molecule has 2 fully saturated rings. The van der Waals surface area contributed by atoms with Crippen LogP contribution in [0.4, 0.5) is 0 Å². The molecule has 2 saturated heterocycles. The van der Waals surface area contributed by atoms with Gasteiger partial charge in [-0.3, -0.25) is 4.79 Å². The third kappa shape index (κ3) is 2.96. The Balaban J connectivity index is 1.89. The molecule has 132 valence electrons. The molecule has 7 heteroatoms. The highest BCUT2D eigenvalue weighted by Crippen LogP contribution is 2.44. The molecule has 0 bridgehead atoms. The summed E-state index contributed by atoms with van der Waals surface area (Å²) in [5.74, 6) is 0.250. The lowest BCUT2D eigenvalue weighted by Gasteiger charge is -2.43. The van der Waals surface area contributed by atoms with Crippen LogP contribution in [-0.2, 0) is 19.6 Å². The van der Waals surface area contributed by atoms with Crippen LogP contribution < -0.4 is 0 Å². The maximum Gasteiger partial charge on any atom is 0.243 e. The van der Waals surface area contributed by atoms with Gasteiger partial charge in [0.2, 0.25) is 15.9 Å². The van der Waals surface area contributed by atoms with E-state index in [1.165, 1.54) is 0 Å². The third-order valence-corrected chi connectivity index (χ3v) is 7.12. The second kappa shape index (κ2) is 6.46. The summed E-state index contributed by atoms with van der Waals surface area (Å²) in [5.41, 5.74) is -0.319. The molecule has 2 heterocycles. The molecule has 0 aromatic heterocycles. The summed E-state index contributed by atoms with van der Waals surface area (Å²) in [6.07, 6.45) is 0.809. The molecule has 6 nitrogen and oxygen atoms in total. The Morgan fingerprint density at radius 1 is 1.29 bits per heavy atom. The number of nitrogens with zero attached hydrogens (tertiary/aromatic N) is 2. The first-order valence-electron chi connectivity index (χ1n) is 8.19. The maximum absolute atomic E-state index is 12.9. The van der Waals surface area contributed by atoms with Gasteiger partial charge in [0, 0.05) is 45.6 Å². The molecular formula is C17H24N2O4S. The Hall–Kier alpha value is -1.44. The highest BCUT2D eigenvalue weighted by atomic mass is 32.2. The Bertz CT molecular complexity index is 707. The molecule has 0 N–H and O–H groups in total. The van der Waals surface area contributed by atoms with Gasteiger partial charge in [-0.2, -0.15) is 4.31 Å². The van der Waals surface area contributed by atoms with Crippen LogP contribution in [0.5, 0.6) is 0 Å². The molecule has 24 heavy (non-hydrogen) atoms. The molecule has 0 radical (unpaired) electrons. The van der Waals surface area contributed by atoms with Gasteiger partial charge in [-0.15, -0.1) is 0 Å². The first-order valence-corrected chi connectivity index (χ1v) is 9.63. The quantitative estimate of drug-likeness (QED) is 0.816. The van der Waals surface area contributed by atoms with E-state index in [9.17, 15) is 13.2 Å². The minimum absolute atomic E-state index is 0.0355. The molecule has 1 amide bonds. The van der Waals surface area contributed by atoms with Crippen molar-refractivity contribution in [2.45, 2.75) is 18.2 Å². The van der Waals surface area contributed by atoms with Crippen LogP contribution in [0.3, 0.4) is 0 Å². The van der Waals surface area contributed by atoms with Gasteiger partial charge < -0.3 is 9.64 Å². The number of piperidine rings is 1. The second-order valence-corrected chi connectivity index (χ2v) is 8.77. The summed E-state index contributed by atoms with van der Waals surface area (Å²) < 4.78 is 32.9. The number of benzene rings is 1. The number of sulfonamides is 1. The molecule has 2 atom stereocenters. The molecule has 1 aromatic rings. The lowest BCUT2D eigenvalue weighted by molar-refractivity contribution is -0.134. The zero-order valence-electron chi connectivity index (χ0n) is 14.1. The summed E-state index contributed by atoms with van der Waals surface area (Å²) >= 11 is 0. The van der Waals surface area contributed by atoms with E-state index in [0.29, 0.717) is 37.7 Å². The smallest absolute Gasteiger partial charge is 0.243 e. The maximum atomic E-state index is 12.9. The molecule has 1 aromatic carbocycles. The van der Waals surface area contributed by atoms with E-state index >= 15 is 0 Å². The van der Waals surface area contributed by atoms with Crippen molar-refractivity contribution in [2.24, 2.45) is 11.3 Å². The van der Waals surface area contributed by atoms with Crippen molar-refractivity contribution in [3.63, 3.8) is 0 Å². The van der Waals surface area contributed by atoms with Crippen LogP contribution in [0.1, 0.15) is 13.3 Å². The Morgan fingerprint density at radius 3 is 2.62 bits per heavy atom. The van der Waals surface area contributed by atoms with Crippen LogP contribution in [0.25, 0.3) is 0 Å². The van der Waals surface area contributed by atoms with E-state index in [0.717, 1.165) is 6.42 Å².